The number of aromatic nitrogens is 4. The summed E-state index contributed by atoms with van der Waals surface area (Å²) in [6, 6.07) is 9.40. The Hall–Kier alpha value is -3.27. The third-order valence-electron chi connectivity index (χ3n) is 7.58. The van der Waals surface area contributed by atoms with Crippen LogP contribution in [0.3, 0.4) is 0 Å². The highest BCUT2D eigenvalue weighted by Crippen LogP contribution is 2.28. The molecular formula is C30H40N4O9S. The predicted molar refractivity (Wildman–Crippen MR) is 163 cm³/mol. The fourth-order valence-electron chi connectivity index (χ4n) is 5.18. The molecule has 0 aliphatic carbocycles. The van der Waals surface area contributed by atoms with Crippen molar-refractivity contribution in [3.8, 4) is 0 Å². The molecule has 44 heavy (non-hydrogen) atoms. The Morgan fingerprint density at radius 3 is 2.18 bits per heavy atom. The summed E-state index contributed by atoms with van der Waals surface area (Å²) in [7, 11) is 0. The average molecular weight is 633 g/mol. The van der Waals surface area contributed by atoms with Gasteiger partial charge in [-0.2, -0.15) is 0 Å². The van der Waals surface area contributed by atoms with Gasteiger partial charge in [0, 0.05) is 41.7 Å². The first-order chi connectivity index (χ1) is 21.2. The third kappa shape index (κ3) is 7.68. The SMILES string of the molecule is Cc1cn([C@H]2C[C@H](O)[C@@H](CO)O2)c(=O)n(CCCCCCn2c(=O)c(C)c(Sc3ccccc3)n(COCCO)c2=O)c1=O. The highest BCUT2D eigenvalue weighted by atomic mass is 32.2. The summed E-state index contributed by atoms with van der Waals surface area (Å²) in [5.41, 5.74) is -1.03. The van der Waals surface area contributed by atoms with Crippen LogP contribution in [0.4, 0.5) is 0 Å². The van der Waals surface area contributed by atoms with Crippen LogP contribution >= 0.6 is 11.8 Å². The first-order valence-corrected chi connectivity index (χ1v) is 15.5. The highest BCUT2D eigenvalue weighted by molar-refractivity contribution is 7.99. The zero-order valence-electron chi connectivity index (χ0n) is 25.0. The van der Waals surface area contributed by atoms with Crippen molar-refractivity contribution < 1.29 is 24.8 Å². The van der Waals surface area contributed by atoms with Crippen molar-refractivity contribution in [2.24, 2.45) is 0 Å². The number of benzene rings is 1. The molecule has 3 N–H and O–H groups in total. The van der Waals surface area contributed by atoms with Crippen LogP contribution in [0.1, 0.15) is 49.5 Å². The van der Waals surface area contributed by atoms with E-state index in [2.05, 4.69) is 0 Å². The molecule has 3 heterocycles. The second kappa shape index (κ2) is 15.6. The highest BCUT2D eigenvalue weighted by Gasteiger charge is 2.35. The van der Waals surface area contributed by atoms with Crippen LogP contribution in [0.25, 0.3) is 0 Å². The van der Waals surface area contributed by atoms with Crippen LogP contribution in [-0.4, -0.2) is 65.6 Å². The summed E-state index contributed by atoms with van der Waals surface area (Å²) < 4.78 is 16.1. The number of unbranched alkanes of at least 4 members (excludes halogenated alkanes) is 3. The standard InChI is InChI=1S/C30H40N4O9S/c1-20-17-33(25-16-23(37)24(18-36)43-25)29(40)31(26(20)38)12-8-3-4-9-13-32-27(39)21(2)28(44-22-10-6-5-7-11-22)34(30(32)41)19-42-15-14-35/h5-7,10-11,17,23-25,35-37H,3-4,8-9,12-16,18-19H2,1-2H3/t23-,24+,25+/m0/s1. The molecule has 14 heteroatoms. The van der Waals surface area contributed by atoms with E-state index in [0.29, 0.717) is 41.8 Å². The molecule has 3 atom stereocenters. The molecule has 1 aliphatic heterocycles. The van der Waals surface area contributed by atoms with Crippen LogP contribution in [-0.2, 0) is 29.3 Å². The van der Waals surface area contributed by atoms with E-state index in [0.717, 1.165) is 9.46 Å². The van der Waals surface area contributed by atoms with Gasteiger partial charge in [0.05, 0.1) is 31.0 Å². The van der Waals surface area contributed by atoms with E-state index >= 15 is 0 Å². The van der Waals surface area contributed by atoms with Gasteiger partial charge >= 0.3 is 11.4 Å². The number of aliphatic hydroxyl groups is 3. The Bertz CT molecular complexity index is 1650. The summed E-state index contributed by atoms with van der Waals surface area (Å²) in [5.74, 6) is 0. The fraction of sp³-hybridized carbons (Fsp3) is 0.533. The normalized spacial score (nSPS) is 18.2. The molecule has 4 rings (SSSR count). The molecule has 0 radical (unpaired) electrons. The summed E-state index contributed by atoms with van der Waals surface area (Å²) in [4.78, 5) is 53.4. The molecule has 1 aromatic carbocycles. The first kappa shape index (κ1) is 33.6. The van der Waals surface area contributed by atoms with Crippen molar-refractivity contribution in [1.29, 1.82) is 0 Å². The molecule has 2 aromatic heterocycles. The van der Waals surface area contributed by atoms with Gasteiger partial charge in [-0.15, -0.1) is 0 Å². The summed E-state index contributed by atoms with van der Waals surface area (Å²) in [5, 5.41) is 29.1. The molecule has 1 saturated heterocycles. The lowest BCUT2D eigenvalue weighted by molar-refractivity contribution is -0.0464. The second-order valence-corrected chi connectivity index (χ2v) is 11.8. The lowest BCUT2D eigenvalue weighted by atomic mass is 10.2. The van der Waals surface area contributed by atoms with E-state index in [1.807, 2.05) is 30.3 Å². The number of rotatable bonds is 15. The van der Waals surface area contributed by atoms with E-state index in [-0.39, 0.29) is 51.6 Å². The zero-order valence-corrected chi connectivity index (χ0v) is 25.8. The molecular weight excluding hydrogens is 592 g/mol. The van der Waals surface area contributed by atoms with Gasteiger partial charge in [-0.3, -0.25) is 27.9 Å². The third-order valence-corrected chi connectivity index (χ3v) is 8.81. The molecule has 0 unspecified atom stereocenters. The molecule has 3 aromatic rings. The lowest BCUT2D eigenvalue weighted by Gasteiger charge is -2.18. The van der Waals surface area contributed by atoms with Crippen molar-refractivity contribution in [2.45, 2.75) is 94.1 Å². The molecule has 1 aliphatic rings. The number of hydrogen-bond acceptors (Lipinski definition) is 10. The van der Waals surface area contributed by atoms with Crippen LogP contribution in [0.5, 0.6) is 0 Å². The zero-order chi connectivity index (χ0) is 31.8. The van der Waals surface area contributed by atoms with Crippen LogP contribution < -0.4 is 22.5 Å². The first-order valence-electron chi connectivity index (χ1n) is 14.7. The summed E-state index contributed by atoms with van der Waals surface area (Å²) in [6.07, 6.45) is 1.41. The van der Waals surface area contributed by atoms with Crippen molar-refractivity contribution in [1.82, 2.24) is 18.3 Å². The quantitative estimate of drug-likeness (QED) is 0.162. The van der Waals surface area contributed by atoms with Crippen LogP contribution in [0, 0.1) is 13.8 Å². The van der Waals surface area contributed by atoms with Gasteiger partial charge in [0.25, 0.3) is 11.1 Å². The maximum atomic E-state index is 13.4. The summed E-state index contributed by atoms with van der Waals surface area (Å²) in [6.45, 7) is 3.03. The Balaban J connectivity index is 1.41. The van der Waals surface area contributed by atoms with Gasteiger partial charge in [0.15, 0.2) is 0 Å². The Morgan fingerprint density at radius 2 is 1.57 bits per heavy atom. The topological polar surface area (TPSA) is 167 Å². The molecule has 0 spiro atoms. The largest absolute Gasteiger partial charge is 0.394 e. The monoisotopic (exact) mass is 632 g/mol. The molecule has 0 amide bonds. The van der Waals surface area contributed by atoms with Gasteiger partial charge in [0.2, 0.25) is 0 Å². The van der Waals surface area contributed by atoms with Gasteiger partial charge in [-0.05, 0) is 38.8 Å². The van der Waals surface area contributed by atoms with Crippen molar-refractivity contribution in [3.63, 3.8) is 0 Å². The minimum Gasteiger partial charge on any atom is -0.394 e. The van der Waals surface area contributed by atoms with E-state index in [1.54, 1.807) is 13.8 Å². The predicted octanol–water partition coefficient (Wildman–Crippen LogP) is 0.969. The van der Waals surface area contributed by atoms with E-state index in [1.165, 1.54) is 31.7 Å². The van der Waals surface area contributed by atoms with Crippen LogP contribution in [0.15, 0.2) is 65.6 Å². The van der Waals surface area contributed by atoms with Crippen LogP contribution in [0.2, 0.25) is 0 Å². The van der Waals surface area contributed by atoms with Gasteiger partial charge < -0.3 is 24.8 Å². The lowest BCUT2D eigenvalue weighted by Crippen LogP contribution is -2.42. The van der Waals surface area contributed by atoms with Gasteiger partial charge in [-0.1, -0.05) is 42.8 Å². The molecule has 240 valence electrons. The van der Waals surface area contributed by atoms with E-state index in [9.17, 15) is 29.4 Å². The molecule has 0 bridgehead atoms. The Kier molecular flexibility index (Phi) is 11.9. The number of nitrogens with zero attached hydrogens (tertiary/aromatic N) is 4. The van der Waals surface area contributed by atoms with Crippen molar-refractivity contribution >= 4 is 11.8 Å². The minimum atomic E-state index is -0.912. The Morgan fingerprint density at radius 1 is 0.909 bits per heavy atom. The maximum absolute atomic E-state index is 13.4. The van der Waals surface area contributed by atoms with Crippen molar-refractivity contribution in [3.05, 3.63) is 89.3 Å². The van der Waals surface area contributed by atoms with Gasteiger partial charge in [-0.25, -0.2) is 9.59 Å². The number of hydrogen-bond donors (Lipinski definition) is 3. The smallest absolute Gasteiger partial charge is 0.333 e. The fourth-order valence-corrected chi connectivity index (χ4v) is 6.18. The summed E-state index contributed by atoms with van der Waals surface area (Å²) >= 11 is 1.30. The van der Waals surface area contributed by atoms with E-state index < -0.39 is 35.4 Å². The average Bonchev–Trinajstić information content (AvgIpc) is 3.40. The number of aliphatic hydroxyl groups excluding tert-OH is 3. The van der Waals surface area contributed by atoms with E-state index in [4.69, 9.17) is 14.6 Å². The number of aryl methyl sites for hydroxylation is 1. The number of ether oxygens (including phenoxy) is 2. The molecule has 0 saturated carbocycles. The van der Waals surface area contributed by atoms with Crippen molar-refractivity contribution in [2.75, 3.05) is 19.8 Å². The second-order valence-electron chi connectivity index (χ2n) is 10.8. The maximum Gasteiger partial charge on any atom is 0.333 e. The molecule has 13 nitrogen and oxygen atoms in total. The Labute approximate surface area is 257 Å². The van der Waals surface area contributed by atoms with Gasteiger partial charge in [0.1, 0.15) is 19.1 Å². The molecule has 1 fully saturated rings. The minimum absolute atomic E-state index is 0.0496.